The summed E-state index contributed by atoms with van der Waals surface area (Å²) < 4.78 is 0. The number of likely N-dealkylation sites (tertiary alicyclic amines) is 1. The van der Waals surface area contributed by atoms with Crippen LogP contribution in [-0.2, 0) is 11.2 Å². The summed E-state index contributed by atoms with van der Waals surface area (Å²) >= 11 is 5.87. The molecule has 1 unspecified atom stereocenters. The molecule has 8 heteroatoms. The molecular formula is C19H22ClN5O2. The average Bonchev–Trinajstić information content (AvgIpc) is 3.19. The highest BCUT2D eigenvalue weighted by Crippen LogP contribution is 2.19. The van der Waals surface area contributed by atoms with Gasteiger partial charge in [-0.1, -0.05) is 23.7 Å². The molecule has 0 radical (unpaired) electrons. The predicted octanol–water partition coefficient (Wildman–Crippen LogP) is 1.99. The summed E-state index contributed by atoms with van der Waals surface area (Å²) in [6, 6.07) is 7.58. The number of aromatic nitrogens is 2. The molecule has 27 heavy (non-hydrogen) atoms. The van der Waals surface area contributed by atoms with E-state index in [0.717, 1.165) is 12.0 Å². The Morgan fingerprint density at radius 1 is 1.22 bits per heavy atom. The van der Waals surface area contributed by atoms with Crippen LogP contribution in [0.3, 0.4) is 0 Å². The van der Waals surface area contributed by atoms with Crippen molar-refractivity contribution >= 4 is 29.4 Å². The fourth-order valence-corrected chi connectivity index (χ4v) is 3.16. The summed E-state index contributed by atoms with van der Waals surface area (Å²) in [4.78, 5) is 34.7. The smallest absolute Gasteiger partial charge is 0.257 e. The molecule has 0 aliphatic carbocycles. The first-order valence-corrected chi connectivity index (χ1v) is 9.26. The standard InChI is InChI=1S/C19H22ClN5O2/c1-21-19-23-10-15(11-24-19)18(27)25-9-7-14(12-25)17(26)22-8-6-13-2-4-16(20)5-3-13/h2-5,10-11,14H,6-9,12H2,1H3,(H,22,26)(H,21,23,24). The summed E-state index contributed by atoms with van der Waals surface area (Å²) in [5.74, 6) is 0.123. The summed E-state index contributed by atoms with van der Waals surface area (Å²) in [5.41, 5.74) is 1.55. The van der Waals surface area contributed by atoms with Crippen molar-refractivity contribution in [2.75, 3.05) is 32.0 Å². The van der Waals surface area contributed by atoms with Gasteiger partial charge in [-0.25, -0.2) is 9.97 Å². The number of nitrogens with zero attached hydrogens (tertiary/aromatic N) is 3. The van der Waals surface area contributed by atoms with E-state index in [1.165, 1.54) is 12.4 Å². The van der Waals surface area contributed by atoms with Crippen LogP contribution in [0.25, 0.3) is 0 Å². The van der Waals surface area contributed by atoms with Gasteiger partial charge in [0.15, 0.2) is 0 Å². The Hall–Kier alpha value is -2.67. The van der Waals surface area contributed by atoms with Crippen LogP contribution in [0.4, 0.5) is 5.95 Å². The van der Waals surface area contributed by atoms with Gasteiger partial charge in [-0.2, -0.15) is 0 Å². The molecule has 2 heterocycles. The Labute approximate surface area is 163 Å². The van der Waals surface area contributed by atoms with Gasteiger partial charge in [-0.05, 0) is 30.5 Å². The van der Waals surface area contributed by atoms with Crippen LogP contribution in [0, 0.1) is 5.92 Å². The molecule has 0 saturated carbocycles. The van der Waals surface area contributed by atoms with Crippen molar-refractivity contribution < 1.29 is 9.59 Å². The van der Waals surface area contributed by atoms with Crippen LogP contribution in [0.15, 0.2) is 36.7 Å². The minimum Gasteiger partial charge on any atom is -0.357 e. The second kappa shape index (κ2) is 8.81. The maximum Gasteiger partial charge on any atom is 0.257 e. The van der Waals surface area contributed by atoms with Gasteiger partial charge < -0.3 is 15.5 Å². The Bertz CT molecular complexity index is 795. The summed E-state index contributed by atoms with van der Waals surface area (Å²) in [6.07, 6.45) is 4.41. The van der Waals surface area contributed by atoms with Gasteiger partial charge in [0.25, 0.3) is 5.91 Å². The number of halogens is 1. The zero-order chi connectivity index (χ0) is 19.2. The summed E-state index contributed by atoms with van der Waals surface area (Å²) in [5, 5.41) is 6.47. The number of carbonyl (C=O) groups is 2. The molecule has 142 valence electrons. The Morgan fingerprint density at radius 3 is 2.59 bits per heavy atom. The van der Waals surface area contributed by atoms with E-state index in [1.54, 1.807) is 11.9 Å². The van der Waals surface area contributed by atoms with Gasteiger partial charge in [0.05, 0.1) is 11.5 Å². The number of nitrogens with one attached hydrogen (secondary N) is 2. The van der Waals surface area contributed by atoms with Crippen molar-refractivity contribution in [2.45, 2.75) is 12.8 Å². The molecule has 1 fully saturated rings. The molecule has 1 atom stereocenters. The van der Waals surface area contributed by atoms with E-state index < -0.39 is 0 Å². The number of anilines is 1. The fourth-order valence-electron chi connectivity index (χ4n) is 3.03. The van der Waals surface area contributed by atoms with E-state index in [9.17, 15) is 9.59 Å². The molecule has 2 aromatic rings. The van der Waals surface area contributed by atoms with Gasteiger partial charge >= 0.3 is 0 Å². The summed E-state index contributed by atoms with van der Waals surface area (Å²) in [6.45, 7) is 1.53. The van der Waals surface area contributed by atoms with E-state index in [4.69, 9.17) is 11.6 Å². The minimum absolute atomic E-state index is 0.0129. The Morgan fingerprint density at radius 2 is 1.93 bits per heavy atom. The molecule has 2 amide bonds. The maximum atomic E-state index is 12.5. The number of hydrogen-bond donors (Lipinski definition) is 2. The van der Waals surface area contributed by atoms with Crippen LogP contribution in [0.2, 0.25) is 5.02 Å². The van der Waals surface area contributed by atoms with Crippen molar-refractivity contribution in [3.8, 4) is 0 Å². The van der Waals surface area contributed by atoms with Crippen LogP contribution in [0.5, 0.6) is 0 Å². The molecule has 7 nitrogen and oxygen atoms in total. The van der Waals surface area contributed by atoms with Crippen molar-refractivity contribution in [1.82, 2.24) is 20.2 Å². The lowest BCUT2D eigenvalue weighted by Crippen LogP contribution is -2.35. The molecule has 2 N–H and O–H groups in total. The molecule has 0 spiro atoms. The second-order valence-electron chi connectivity index (χ2n) is 6.45. The zero-order valence-corrected chi connectivity index (χ0v) is 15.9. The average molecular weight is 388 g/mol. The molecule has 1 aliphatic heterocycles. The van der Waals surface area contributed by atoms with Gasteiger partial charge in [-0.15, -0.1) is 0 Å². The first-order chi connectivity index (χ1) is 13.1. The monoisotopic (exact) mass is 387 g/mol. The molecule has 1 aromatic carbocycles. The first-order valence-electron chi connectivity index (χ1n) is 8.88. The van der Waals surface area contributed by atoms with Crippen molar-refractivity contribution in [3.05, 3.63) is 52.8 Å². The number of rotatable bonds is 6. The normalized spacial score (nSPS) is 16.2. The lowest BCUT2D eigenvalue weighted by molar-refractivity contribution is -0.124. The minimum atomic E-state index is -0.184. The number of carbonyl (C=O) groups excluding carboxylic acids is 2. The highest BCUT2D eigenvalue weighted by molar-refractivity contribution is 6.30. The fraction of sp³-hybridized carbons (Fsp3) is 0.368. The second-order valence-corrected chi connectivity index (χ2v) is 6.89. The first kappa shape index (κ1) is 19.1. The summed E-state index contributed by atoms with van der Waals surface area (Å²) in [7, 11) is 1.72. The van der Waals surface area contributed by atoms with Crippen LogP contribution in [0.1, 0.15) is 22.3 Å². The van der Waals surface area contributed by atoms with E-state index in [2.05, 4.69) is 20.6 Å². The third-order valence-electron chi connectivity index (χ3n) is 4.59. The highest BCUT2D eigenvalue weighted by Gasteiger charge is 2.31. The van der Waals surface area contributed by atoms with Crippen molar-refractivity contribution in [2.24, 2.45) is 5.92 Å². The van der Waals surface area contributed by atoms with Crippen LogP contribution < -0.4 is 10.6 Å². The van der Waals surface area contributed by atoms with Crippen molar-refractivity contribution in [3.63, 3.8) is 0 Å². The van der Waals surface area contributed by atoms with Crippen LogP contribution >= 0.6 is 11.6 Å². The number of benzene rings is 1. The maximum absolute atomic E-state index is 12.5. The lowest BCUT2D eigenvalue weighted by atomic mass is 10.1. The van der Waals surface area contributed by atoms with E-state index >= 15 is 0 Å². The van der Waals surface area contributed by atoms with E-state index in [1.807, 2.05) is 24.3 Å². The third-order valence-corrected chi connectivity index (χ3v) is 4.85. The Balaban J connectivity index is 1.47. The SMILES string of the molecule is CNc1ncc(C(=O)N2CCC(C(=O)NCCc3ccc(Cl)cc3)C2)cn1. The van der Waals surface area contributed by atoms with Crippen LogP contribution in [-0.4, -0.2) is 53.4 Å². The number of amides is 2. The van der Waals surface area contributed by atoms with Gasteiger partial charge in [0, 0.05) is 44.1 Å². The third kappa shape index (κ3) is 4.95. The lowest BCUT2D eigenvalue weighted by Gasteiger charge is -2.16. The molecule has 0 bridgehead atoms. The highest BCUT2D eigenvalue weighted by atomic mass is 35.5. The Kier molecular flexibility index (Phi) is 6.24. The zero-order valence-electron chi connectivity index (χ0n) is 15.1. The molecule has 1 aliphatic rings. The molecule has 1 aromatic heterocycles. The number of hydrogen-bond acceptors (Lipinski definition) is 5. The largest absolute Gasteiger partial charge is 0.357 e. The molecule has 3 rings (SSSR count). The van der Waals surface area contributed by atoms with Gasteiger partial charge in [0.1, 0.15) is 0 Å². The predicted molar refractivity (Wildman–Crippen MR) is 104 cm³/mol. The molecular weight excluding hydrogens is 366 g/mol. The van der Waals surface area contributed by atoms with Gasteiger partial charge in [-0.3, -0.25) is 9.59 Å². The quantitative estimate of drug-likeness (QED) is 0.791. The van der Waals surface area contributed by atoms with Crippen molar-refractivity contribution in [1.29, 1.82) is 0 Å². The molecule has 1 saturated heterocycles. The topological polar surface area (TPSA) is 87.2 Å². The van der Waals surface area contributed by atoms with E-state index in [-0.39, 0.29) is 17.7 Å². The van der Waals surface area contributed by atoms with Gasteiger partial charge in [0.2, 0.25) is 11.9 Å². The van der Waals surface area contributed by atoms with E-state index in [0.29, 0.717) is 42.6 Å².